The van der Waals surface area contributed by atoms with Crippen LogP contribution in [0.1, 0.15) is 18.4 Å². The van der Waals surface area contributed by atoms with Crippen molar-refractivity contribution in [1.29, 1.82) is 0 Å². The fourth-order valence-corrected chi connectivity index (χ4v) is 3.07. The van der Waals surface area contributed by atoms with Crippen molar-refractivity contribution in [3.8, 4) is 0 Å². The third-order valence-corrected chi connectivity index (χ3v) is 3.94. The lowest BCUT2D eigenvalue weighted by molar-refractivity contribution is -0.137. The van der Waals surface area contributed by atoms with Crippen LogP contribution in [0.4, 0.5) is 19.0 Å². The molecule has 0 aromatic carbocycles. The highest BCUT2D eigenvalue weighted by Gasteiger charge is 2.35. The van der Waals surface area contributed by atoms with E-state index in [-0.39, 0.29) is 5.02 Å². The second kappa shape index (κ2) is 4.52. The van der Waals surface area contributed by atoms with E-state index in [4.69, 9.17) is 11.6 Å². The second-order valence-corrected chi connectivity index (χ2v) is 5.48. The molecule has 1 aromatic heterocycles. The Balaban J connectivity index is 1.85. The molecule has 1 N–H and O–H groups in total. The molecule has 0 spiro atoms. The molecule has 2 aliphatic rings. The number of nitrogens with zero attached hydrogens (tertiary/aromatic N) is 2. The first-order valence-electron chi connectivity index (χ1n) is 6.17. The third kappa shape index (κ3) is 2.51. The van der Waals surface area contributed by atoms with Gasteiger partial charge in [-0.2, -0.15) is 13.2 Å². The van der Waals surface area contributed by atoms with Crippen molar-refractivity contribution in [2.45, 2.75) is 31.1 Å². The number of fused-ring (bicyclic) bond motifs is 2. The van der Waals surface area contributed by atoms with Crippen LogP contribution in [0.5, 0.6) is 0 Å². The van der Waals surface area contributed by atoms with E-state index in [1.807, 2.05) is 4.90 Å². The molecule has 0 aliphatic carbocycles. The average Bonchev–Trinajstić information content (AvgIpc) is 2.67. The van der Waals surface area contributed by atoms with Crippen LogP contribution < -0.4 is 10.2 Å². The maximum Gasteiger partial charge on any atom is 0.417 e. The summed E-state index contributed by atoms with van der Waals surface area (Å²) in [5, 5.41) is 3.52. The normalized spacial score (nSPS) is 26.8. The monoisotopic (exact) mass is 291 g/mol. The smallest absolute Gasteiger partial charge is 0.352 e. The van der Waals surface area contributed by atoms with Gasteiger partial charge in [-0.25, -0.2) is 4.98 Å². The average molecular weight is 292 g/mol. The van der Waals surface area contributed by atoms with Crippen LogP contribution in [0.15, 0.2) is 12.3 Å². The van der Waals surface area contributed by atoms with Crippen LogP contribution in [0.25, 0.3) is 0 Å². The van der Waals surface area contributed by atoms with Gasteiger partial charge in [-0.15, -0.1) is 0 Å². The summed E-state index contributed by atoms with van der Waals surface area (Å²) in [5.41, 5.74) is -0.806. The summed E-state index contributed by atoms with van der Waals surface area (Å²) in [6.07, 6.45) is -1.36. The van der Waals surface area contributed by atoms with E-state index in [1.54, 1.807) is 0 Å². The number of piperazine rings is 1. The number of hydrogen-bond donors (Lipinski definition) is 1. The van der Waals surface area contributed by atoms with Crippen LogP contribution in [0, 0.1) is 0 Å². The molecule has 3 nitrogen and oxygen atoms in total. The molecule has 2 aliphatic heterocycles. The predicted molar refractivity (Wildman–Crippen MR) is 66.4 cm³/mol. The number of aromatic nitrogens is 1. The largest absolute Gasteiger partial charge is 0.417 e. The molecule has 7 heteroatoms. The summed E-state index contributed by atoms with van der Waals surface area (Å²) in [7, 11) is 0. The lowest BCUT2D eigenvalue weighted by atomic mass is 10.2. The molecule has 2 saturated heterocycles. The van der Waals surface area contributed by atoms with Crippen LogP contribution in [0.2, 0.25) is 5.02 Å². The van der Waals surface area contributed by atoms with Gasteiger partial charge >= 0.3 is 6.18 Å². The van der Waals surface area contributed by atoms with Crippen LogP contribution in [-0.4, -0.2) is 30.2 Å². The summed E-state index contributed by atoms with van der Waals surface area (Å²) >= 11 is 5.96. The Kier molecular flexibility index (Phi) is 3.09. The number of pyridine rings is 1. The van der Waals surface area contributed by atoms with Crippen LogP contribution >= 0.6 is 11.6 Å². The van der Waals surface area contributed by atoms with E-state index in [0.29, 0.717) is 17.9 Å². The molecule has 0 amide bonds. The van der Waals surface area contributed by atoms with Crippen LogP contribution in [-0.2, 0) is 6.18 Å². The fraction of sp³-hybridized carbons (Fsp3) is 0.583. The number of hydrogen-bond acceptors (Lipinski definition) is 3. The van der Waals surface area contributed by atoms with E-state index in [9.17, 15) is 13.2 Å². The van der Waals surface area contributed by atoms with Crippen molar-refractivity contribution >= 4 is 17.4 Å². The van der Waals surface area contributed by atoms with Crippen molar-refractivity contribution < 1.29 is 13.2 Å². The highest BCUT2D eigenvalue weighted by Crippen LogP contribution is 2.34. The molecule has 2 unspecified atom stereocenters. The van der Waals surface area contributed by atoms with Gasteiger partial charge in [-0.3, -0.25) is 0 Å². The Bertz CT molecular complexity index is 480. The zero-order chi connectivity index (χ0) is 13.6. The van der Waals surface area contributed by atoms with Crippen LogP contribution in [0.3, 0.4) is 0 Å². The Morgan fingerprint density at radius 3 is 2.42 bits per heavy atom. The van der Waals surface area contributed by atoms with Gasteiger partial charge in [0.25, 0.3) is 0 Å². The first-order valence-corrected chi connectivity index (χ1v) is 6.55. The van der Waals surface area contributed by atoms with E-state index >= 15 is 0 Å². The number of rotatable bonds is 1. The number of nitrogens with one attached hydrogen (secondary N) is 1. The molecular weight excluding hydrogens is 279 g/mol. The zero-order valence-electron chi connectivity index (χ0n) is 10.0. The molecular formula is C12H13ClF3N3. The zero-order valence-corrected chi connectivity index (χ0v) is 10.8. The molecule has 19 heavy (non-hydrogen) atoms. The molecule has 0 radical (unpaired) electrons. The highest BCUT2D eigenvalue weighted by molar-refractivity contribution is 6.33. The van der Waals surface area contributed by atoms with Crippen molar-refractivity contribution in [1.82, 2.24) is 10.3 Å². The van der Waals surface area contributed by atoms with Gasteiger partial charge in [-0.05, 0) is 18.9 Å². The summed E-state index contributed by atoms with van der Waals surface area (Å²) in [6.45, 7) is 1.49. The first-order chi connectivity index (χ1) is 8.93. The molecule has 3 rings (SSSR count). The molecule has 3 heterocycles. The number of halogens is 4. The summed E-state index contributed by atoms with van der Waals surface area (Å²) in [6, 6.07) is 1.73. The lowest BCUT2D eigenvalue weighted by Gasteiger charge is -2.34. The van der Waals surface area contributed by atoms with E-state index < -0.39 is 11.7 Å². The molecule has 2 atom stereocenters. The topological polar surface area (TPSA) is 28.2 Å². The van der Waals surface area contributed by atoms with Crippen molar-refractivity contribution in [2.24, 2.45) is 0 Å². The van der Waals surface area contributed by atoms with Gasteiger partial charge in [0.15, 0.2) is 0 Å². The molecule has 104 valence electrons. The highest BCUT2D eigenvalue weighted by atomic mass is 35.5. The molecule has 1 aromatic rings. The summed E-state index contributed by atoms with van der Waals surface area (Å²) in [5.74, 6) is 0.452. The Morgan fingerprint density at radius 1 is 1.26 bits per heavy atom. The Hall–Kier alpha value is -1.01. The Morgan fingerprint density at radius 2 is 1.89 bits per heavy atom. The third-order valence-electron chi connectivity index (χ3n) is 3.67. The maximum absolute atomic E-state index is 12.6. The fourth-order valence-electron chi connectivity index (χ4n) is 2.79. The van der Waals surface area contributed by atoms with Gasteiger partial charge in [0, 0.05) is 31.4 Å². The number of alkyl halides is 3. The van der Waals surface area contributed by atoms with Gasteiger partial charge in [-0.1, -0.05) is 11.6 Å². The lowest BCUT2D eigenvalue weighted by Crippen LogP contribution is -2.51. The quantitative estimate of drug-likeness (QED) is 0.862. The van der Waals surface area contributed by atoms with Gasteiger partial charge in [0.05, 0.1) is 10.6 Å². The minimum Gasteiger partial charge on any atom is -0.352 e. The molecule has 2 fully saturated rings. The summed E-state index contributed by atoms with van der Waals surface area (Å²) in [4.78, 5) is 5.88. The van der Waals surface area contributed by atoms with Crippen molar-refractivity contribution in [2.75, 3.05) is 18.0 Å². The van der Waals surface area contributed by atoms with Crippen molar-refractivity contribution in [3.05, 3.63) is 22.8 Å². The van der Waals surface area contributed by atoms with Gasteiger partial charge < -0.3 is 10.2 Å². The summed E-state index contributed by atoms with van der Waals surface area (Å²) < 4.78 is 37.7. The molecule has 0 saturated carbocycles. The first kappa shape index (κ1) is 13.0. The second-order valence-electron chi connectivity index (χ2n) is 5.07. The standard InChI is InChI=1S/C12H13ClF3N3/c13-10-3-7(12(14,15)16)4-17-11(10)19-5-8-1-2-9(6-19)18-8/h3-4,8-9,18H,1-2,5-6H2. The predicted octanol–water partition coefficient (Wildman–Crippen LogP) is 2.69. The molecule has 2 bridgehead atoms. The van der Waals surface area contributed by atoms with Gasteiger partial charge in [0.2, 0.25) is 0 Å². The minimum atomic E-state index is -4.41. The SMILES string of the molecule is FC(F)(F)c1cnc(N2CC3CCC(C2)N3)c(Cl)c1. The Labute approximate surface area is 113 Å². The van der Waals surface area contributed by atoms with E-state index in [2.05, 4.69) is 10.3 Å². The maximum atomic E-state index is 12.6. The number of anilines is 1. The van der Waals surface area contributed by atoms with E-state index in [0.717, 1.165) is 38.2 Å². The van der Waals surface area contributed by atoms with Crippen molar-refractivity contribution in [3.63, 3.8) is 0 Å². The minimum absolute atomic E-state index is 0.0659. The van der Waals surface area contributed by atoms with E-state index in [1.165, 1.54) is 0 Å². The van der Waals surface area contributed by atoms with Gasteiger partial charge in [0.1, 0.15) is 5.82 Å².